The number of quaternary nitrogens is 1. The van der Waals surface area contributed by atoms with E-state index in [0.29, 0.717) is 0 Å². The maximum atomic E-state index is 9.87. The Labute approximate surface area is 71.7 Å². The number of halogens is 6. The fraction of sp³-hybridized carbons (Fsp3) is 1.00. The van der Waals surface area contributed by atoms with Crippen molar-refractivity contribution in [1.82, 2.24) is 0 Å². The zero-order chi connectivity index (χ0) is 10.7. The van der Waals surface area contributed by atoms with Gasteiger partial charge in [0.15, 0.2) is 0 Å². The van der Waals surface area contributed by atoms with Crippen molar-refractivity contribution in [2.45, 2.75) is 19.3 Å². The molecule has 1 rings (SSSR count). The third-order valence-electron chi connectivity index (χ3n) is 1.32. The average Bonchev–Trinajstić information content (AvgIpc) is 1.84. The molecule has 1 saturated heterocycles. The molecule has 1 heterocycles. The molecular formula is C5H12F6NP. The van der Waals surface area contributed by atoms with E-state index in [4.69, 9.17) is 0 Å². The van der Waals surface area contributed by atoms with Crippen LogP contribution in [0.15, 0.2) is 0 Å². The molecule has 0 radical (unpaired) electrons. The van der Waals surface area contributed by atoms with Gasteiger partial charge in [0.2, 0.25) is 0 Å². The second-order valence-electron chi connectivity index (χ2n) is 2.89. The van der Waals surface area contributed by atoms with E-state index in [9.17, 15) is 25.2 Å². The van der Waals surface area contributed by atoms with Gasteiger partial charge < -0.3 is 5.32 Å². The van der Waals surface area contributed by atoms with E-state index in [-0.39, 0.29) is 0 Å². The number of nitrogens with two attached hydrogens (primary N) is 1. The van der Waals surface area contributed by atoms with Crippen LogP contribution in [-0.2, 0) is 0 Å². The number of rotatable bonds is 0. The summed E-state index contributed by atoms with van der Waals surface area (Å²) >= 11 is 0. The van der Waals surface area contributed by atoms with E-state index in [1.165, 1.54) is 32.4 Å². The predicted octanol–water partition coefficient (Wildman–Crippen LogP) is 3.12. The Hall–Kier alpha value is -0.0300. The Kier molecular flexibility index (Phi) is 3.27. The van der Waals surface area contributed by atoms with E-state index in [1.54, 1.807) is 0 Å². The third-order valence-corrected chi connectivity index (χ3v) is 1.32. The molecule has 1 nitrogen and oxygen atoms in total. The second kappa shape index (κ2) is 3.28. The number of hydrogen-bond acceptors (Lipinski definition) is 0. The fourth-order valence-electron chi connectivity index (χ4n) is 0.898. The van der Waals surface area contributed by atoms with Crippen LogP contribution in [0.1, 0.15) is 19.3 Å². The Bertz CT molecular complexity index is 131. The van der Waals surface area contributed by atoms with Crippen LogP contribution in [0.25, 0.3) is 0 Å². The molecule has 0 aromatic heterocycles. The van der Waals surface area contributed by atoms with Gasteiger partial charge in [0.25, 0.3) is 0 Å². The summed E-state index contributed by atoms with van der Waals surface area (Å²) in [5.41, 5.74) is 0. The summed E-state index contributed by atoms with van der Waals surface area (Å²) in [5.74, 6) is 0. The van der Waals surface area contributed by atoms with Crippen molar-refractivity contribution in [1.29, 1.82) is 0 Å². The summed E-state index contributed by atoms with van der Waals surface area (Å²) in [6.07, 6.45) is 4.36. The summed E-state index contributed by atoms with van der Waals surface area (Å²) in [4.78, 5) is 0. The first-order valence-electron chi connectivity index (χ1n) is 3.83. The molecular weight excluding hydrogens is 219 g/mol. The monoisotopic (exact) mass is 231 g/mol. The molecule has 0 unspecified atom stereocenters. The molecule has 0 spiro atoms. The Balaban J connectivity index is 0.000000223. The first-order chi connectivity index (χ1) is 5.45. The van der Waals surface area contributed by atoms with Crippen molar-refractivity contribution in [3.8, 4) is 0 Å². The van der Waals surface area contributed by atoms with Crippen LogP contribution >= 0.6 is 7.81 Å². The van der Waals surface area contributed by atoms with Crippen LogP contribution in [0.5, 0.6) is 0 Å². The van der Waals surface area contributed by atoms with Gasteiger partial charge in [-0.25, -0.2) is 0 Å². The molecule has 0 bridgehead atoms. The van der Waals surface area contributed by atoms with Crippen LogP contribution in [-0.4, -0.2) is 13.1 Å². The SMILES string of the molecule is C1CC[NH2+]CC1.F[P-](F)(F)(F)(F)F. The van der Waals surface area contributed by atoms with Gasteiger partial charge in [0, 0.05) is 0 Å². The van der Waals surface area contributed by atoms with Gasteiger partial charge in [-0.1, -0.05) is 0 Å². The van der Waals surface area contributed by atoms with Gasteiger partial charge in [-0.15, -0.1) is 0 Å². The Morgan fingerprint density at radius 2 is 1.00 bits per heavy atom. The molecule has 0 amide bonds. The Morgan fingerprint density at radius 1 is 0.692 bits per heavy atom. The minimum absolute atomic E-state index is 1.38. The molecule has 0 aromatic carbocycles. The predicted molar refractivity (Wildman–Crippen MR) is 39.1 cm³/mol. The molecule has 1 aliphatic rings. The number of piperidine rings is 1. The summed E-state index contributed by atoms with van der Waals surface area (Å²) in [6, 6.07) is 0. The van der Waals surface area contributed by atoms with E-state index < -0.39 is 7.81 Å². The Morgan fingerprint density at radius 3 is 1.08 bits per heavy atom. The van der Waals surface area contributed by atoms with Crippen molar-refractivity contribution in [3.05, 3.63) is 0 Å². The van der Waals surface area contributed by atoms with E-state index >= 15 is 0 Å². The van der Waals surface area contributed by atoms with Crippen molar-refractivity contribution in [3.63, 3.8) is 0 Å². The summed E-state index contributed by atoms with van der Waals surface area (Å²) in [7, 11) is -10.7. The van der Waals surface area contributed by atoms with Crippen LogP contribution < -0.4 is 5.32 Å². The van der Waals surface area contributed by atoms with Gasteiger partial charge in [-0.05, 0) is 19.3 Å². The van der Waals surface area contributed by atoms with Gasteiger partial charge in [0.1, 0.15) is 0 Å². The first kappa shape index (κ1) is 13.0. The quantitative estimate of drug-likeness (QED) is 0.487. The van der Waals surface area contributed by atoms with Crippen LogP contribution in [0, 0.1) is 0 Å². The van der Waals surface area contributed by atoms with Crippen LogP contribution in [0.3, 0.4) is 0 Å². The van der Waals surface area contributed by atoms with E-state index in [1.807, 2.05) is 0 Å². The molecule has 13 heavy (non-hydrogen) atoms. The van der Waals surface area contributed by atoms with E-state index in [2.05, 4.69) is 5.32 Å². The van der Waals surface area contributed by atoms with Crippen molar-refractivity contribution in [2.24, 2.45) is 0 Å². The third kappa shape index (κ3) is 33.4. The van der Waals surface area contributed by atoms with Gasteiger partial charge in [-0.3, -0.25) is 0 Å². The zero-order valence-corrected chi connectivity index (χ0v) is 7.72. The van der Waals surface area contributed by atoms with Crippen molar-refractivity contribution < 1.29 is 30.5 Å². The second-order valence-corrected chi connectivity index (χ2v) is 4.80. The normalized spacial score (nSPS) is 23.5. The molecule has 1 aliphatic heterocycles. The molecule has 0 aromatic rings. The average molecular weight is 231 g/mol. The molecule has 8 heteroatoms. The first-order valence-corrected chi connectivity index (χ1v) is 5.86. The molecule has 0 atom stereocenters. The van der Waals surface area contributed by atoms with Crippen LogP contribution in [0.4, 0.5) is 25.2 Å². The molecule has 1 fully saturated rings. The molecule has 0 aliphatic carbocycles. The van der Waals surface area contributed by atoms with Gasteiger partial charge >= 0.3 is 33.0 Å². The molecule has 0 saturated carbocycles. The van der Waals surface area contributed by atoms with Crippen molar-refractivity contribution >= 4 is 7.81 Å². The summed E-state index contributed by atoms with van der Waals surface area (Å²) < 4.78 is 59.2. The standard InChI is InChI=1S/C5H11N.F6P/c1-2-4-6-5-3-1;1-7(2,3,4,5)6/h6H,1-5H2;/q;-1/p+1. The topological polar surface area (TPSA) is 16.6 Å². The molecule has 84 valence electrons. The summed E-state index contributed by atoms with van der Waals surface area (Å²) in [6.45, 7) is 2.75. The van der Waals surface area contributed by atoms with E-state index in [0.717, 1.165) is 0 Å². The minimum atomic E-state index is -10.7. The maximum absolute atomic E-state index is 10.7. The van der Waals surface area contributed by atoms with Crippen molar-refractivity contribution in [2.75, 3.05) is 13.1 Å². The fourth-order valence-corrected chi connectivity index (χ4v) is 0.898. The zero-order valence-electron chi connectivity index (χ0n) is 6.83. The summed E-state index contributed by atoms with van der Waals surface area (Å²) in [5, 5.41) is 2.39. The molecule has 2 N–H and O–H groups in total. The van der Waals surface area contributed by atoms with Crippen LogP contribution in [0.2, 0.25) is 0 Å². The van der Waals surface area contributed by atoms with Gasteiger partial charge in [-0.2, -0.15) is 0 Å². The van der Waals surface area contributed by atoms with Gasteiger partial charge in [0.05, 0.1) is 13.1 Å². The number of hydrogen-bond donors (Lipinski definition) is 1.